The first kappa shape index (κ1) is 22.3. The standard InChI is InChI=1S/C26H29N5O2/c1-19-18-27-26(33)31(19)23-14-12-21(13-15-23)25(32)30(2)16-8-4-7-11-22-17-24(29-28-22)20-9-5-3-6-10-20/h3,5-6,9-10,12-15,17-18H,4,7-8,11,16H2,1-2H3,(H,27,33)(H,28,29). The Morgan fingerprint density at radius 3 is 2.48 bits per heavy atom. The molecule has 0 saturated carbocycles. The van der Waals surface area contributed by atoms with Gasteiger partial charge in [0.05, 0.1) is 11.4 Å². The van der Waals surface area contributed by atoms with E-state index in [1.54, 1.807) is 39.9 Å². The Bertz CT molecular complexity index is 1250. The summed E-state index contributed by atoms with van der Waals surface area (Å²) < 4.78 is 1.58. The van der Waals surface area contributed by atoms with E-state index >= 15 is 0 Å². The average molecular weight is 444 g/mol. The normalized spacial score (nSPS) is 11.0. The zero-order chi connectivity index (χ0) is 23.2. The van der Waals surface area contributed by atoms with Crippen LogP contribution in [0.25, 0.3) is 16.9 Å². The summed E-state index contributed by atoms with van der Waals surface area (Å²) in [5.74, 6) is -0.0132. The molecule has 170 valence electrons. The first-order valence-corrected chi connectivity index (χ1v) is 11.3. The van der Waals surface area contributed by atoms with Crippen LogP contribution in [-0.2, 0) is 6.42 Å². The third-order valence-electron chi connectivity index (χ3n) is 5.82. The third-order valence-corrected chi connectivity index (χ3v) is 5.82. The van der Waals surface area contributed by atoms with Crippen molar-refractivity contribution in [1.29, 1.82) is 0 Å². The summed E-state index contributed by atoms with van der Waals surface area (Å²) >= 11 is 0. The number of rotatable bonds is 9. The molecule has 0 aliphatic carbocycles. The number of aromatic amines is 2. The Hall–Kier alpha value is -3.87. The molecular formula is C26H29N5O2. The maximum atomic E-state index is 12.7. The predicted octanol–water partition coefficient (Wildman–Crippen LogP) is 4.35. The number of H-pyrrole nitrogens is 2. The molecule has 0 atom stereocenters. The van der Waals surface area contributed by atoms with Crippen LogP contribution in [0, 0.1) is 6.92 Å². The van der Waals surface area contributed by atoms with Gasteiger partial charge in [-0.2, -0.15) is 5.10 Å². The predicted molar refractivity (Wildman–Crippen MR) is 130 cm³/mol. The molecule has 2 aromatic carbocycles. The molecule has 4 aromatic rings. The van der Waals surface area contributed by atoms with Gasteiger partial charge in [0.15, 0.2) is 0 Å². The Morgan fingerprint density at radius 1 is 1.03 bits per heavy atom. The summed E-state index contributed by atoms with van der Waals surface area (Å²) in [6, 6.07) is 19.4. The first-order valence-electron chi connectivity index (χ1n) is 11.3. The van der Waals surface area contributed by atoms with Crippen LogP contribution in [0.3, 0.4) is 0 Å². The third kappa shape index (κ3) is 5.31. The Morgan fingerprint density at radius 2 is 1.79 bits per heavy atom. The van der Waals surface area contributed by atoms with E-state index in [2.05, 4.69) is 33.4 Å². The van der Waals surface area contributed by atoms with E-state index in [-0.39, 0.29) is 11.6 Å². The molecular weight excluding hydrogens is 414 g/mol. The highest BCUT2D eigenvalue weighted by Gasteiger charge is 2.12. The smallest absolute Gasteiger partial charge is 0.330 e. The van der Waals surface area contributed by atoms with Crippen molar-refractivity contribution in [3.63, 3.8) is 0 Å². The summed E-state index contributed by atoms with van der Waals surface area (Å²) in [6.07, 6.45) is 5.63. The van der Waals surface area contributed by atoms with Gasteiger partial charge in [-0.25, -0.2) is 4.79 Å². The number of hydrogen-bond donors (Lipinski definition) is 2. The molecule has 7 nitrogen and oxygen atoms in total. The highest BCUT2D eigenvalue weighted by atomic mass is 16.2. The molecule has 4 rings (SSSR count). The van der Waals surface area contributed by atoms with E-state index < -0.39 is 0 Å². The molecule has 0 bridgehead atoms. The van der Waals surface area contributed by atoms with E-state index in [0.29, 0.717) is 12.1 Å². The van der Waals surface area contributed by atoms with Crippen LogP contribution in [0.5, 0.6) is 0 Å². The van der Waals surface area contributed by atoms with E-state index in [4.69, 9.17) is 0 Å². The minimum Gasteiger partial charge on any atom is -0.342 e. The highest BCUT2D eigenvalue weighted by molar-refractivity contribution is 5.94. The van der Waals surface area contributed by atoms with Crippen molar-refractivity contribution in [3.05, 3.63) is 94.3 Å². The zero-order valence-electron chi connectivity index (χ0n) is 19.0. The molecule has 7 heteroatoms. The molecule has 2 aromatic heterocycles. The van der Waals surface area contributed by atoms with Gasteiger partial charge >= 0.3 is 5.69 Å². The minimum atomic E-state index is -0.185. The molecule has 2 heterocycles. The lowest BCUT2D eigenvalue weighted by Gasteiger charge is -2.17. The number of benzene rings is 2. The van der Waals surface area contributed by atoms with E-state index in [1.165, 1.54) is 0 Å². The van der Waals surface area contributed by atoms with Crippen molar-refractivity contribution in [1.82, 2.24) is 24.6 Å². The van der Waals surface area contributed by atoms with Crippen LogP contribution >= 0.6 is 0 Å². The molecule has 0 aliphatic heterocycles. The molecule has 0 unspecified atom stereocenters. The van der Waals surface area contributed by atoms with Gasteiger partial charge in [-0.05, 0) is 56.5 Å². The second kappa shape index (κ2) is 10.2. The quantitative estimate of drug-likeness (QED) is 0.377. The molecule has 0 aliphatic rings. The van der Waals surface area contributed by atoms with Gasteiger partial charge in [-0.3, -0.25) is 14.5 Å². The van der Waals surface area contributed by atoms with Crippen molar-refractivity contribution < 1.29 is 4.79 Å². The summed E-state index contributed by atoms with van der Waals surface area (Å²) in [5.41, 5.74) is 5.22. The minimum absolute atomic E-state index is 0.0132. The Labute approximate surface area is 193 Å². The summed E-state index contributed by atoms with van der Waals surface area (Å²) in [4.78, 5) is 29.1. The highest BCUT2D eigenvalue weighted by Crippen LogP contribution is 2.18. The van der Waals surface area contributed by atoms with Crippen LogP contribution in [0.4, 0.5) is 0 Å². The topological polar surface area (TPSA) is 86.8 Å². The fraction of sp³-hybridized carbons (Fsp3) is 0.269. The van der Waals surface area contributed by atoms with Crippen LogP contribution in [0.15, 0.2) is 71.7 Å². The van der Waals surface area contributed by atoms with Gasteiger partial charge in [-0.1, -0.05) is 36.8 Å². The largest absolute Gasteiger partial charge is 0.342 e. The van der Waals surface area contributed by atoms with E-state index in [1.807, 2.05) is 32.2 Å². The SMILES string of the molecule is Cc1c[nH]c(=O)n1-c1ccc(C(=O)N(C)CCCCCc2cc(-c3ccccc3)n[nH]2)cc1. The molecule has 0 spiro atoms. The fourth-order valence-corrected chi connectivity index (χ4v) is 3.94. The van der Waals surface area contributed by atoms with E-state index in [0.717, 1.165) is 54.0 Å². The van der Waals surface area contributed by atoms with Crippen molar-refractivity contribution in [2.75, 3.05) is 13.6 Å². The van der Waals surface area contributed by atoms with Gasteiger partial charge in [0, 0.05) is 42.3 Å². The second-order valence-electron chi connectivity index (χ2n) is 8.30. The number of carbonyl (C=O) groups excluding carboxylic acids is 1. The van der Waals surface area contributed by atoms with Crippen LogP contribution in [-0.4, -0.2) is 44.1 Å². The van der Waals surface area contributed by atoms with Crippen LogP contribution < -0.4 is 5.69 Å². The number of imidazole rings is 1. The van der Waals surface area contributed by atoms with Crippen molar-refractivity contribution in [2.24, 2.45) is 0 Å². The summed E-state index contributed by atoms with van der Waals surface area (Å²) in [6.45, 7) is 2.56. The number of carbonyl (C=O) groups is 1. The molecule has 2 N–H and O–H groups in total. The number of unbranched alkanes of at least 4 members (excludes halogenated alkanes) is 2. The van der Waals surface area contributed by atoms with Crippen molar-refractivity contribution in [3.8, 4) is 16.9 Å². The lowest BCUT2D eigenvalue weighted by atomic mass is 10.1. The van der Waals surface area contributed by atoms with Crippen LogP contribution in [0.1, 0.15) is 41.0 Å². The van der Waals surface area contributed by atoms with Gasteiger partial charge in [0.2, 0.25) is 0 Å². The van der Waals surface area contributed by atoms with E-state index in [9.17, 15) is 9.59 Å². The Balaban J connectivity index is 1.22. The van der Waals surface area contributed by atoms with Crippen molar-refractivity contribution >= 4 is 5.91 Å². The molecule has 0 fully saturated rings. The average Bonchev–Trinajstić information content (AvgIpc) is 3.45. The zero-order valence-corrected chi connectivity index (χ0v) is 19.0. The second-order valence-corrected chi connectivity index (χ2v) is 8.30. The maximum Gasteiger partial charge on any atom is 0.330 e. The maximum absolute atomic E-state index is 12.7. The molecule has 0 radical (unpaired) electrons. The van der Waals surface area contributed by atoms with Crippen LogP contribution in [0.2, 0.25) is 0 Å². The first-order chi connectivity index (χ1) is 16.0. The monoisotopic (exact) mass is 443 g/mol. The molecule has 0 saturated heterocycles. The number of amides is 1. The Kier molecular flexibility index (Phi) is 6.88. The molecule has 33 heavy (non-hydrogen) atoms. The number of aryl methyl sites for hydroxylation is 2. The lowest BCUT2D eigenvalue weighted by molar-refractivity contribution is 0.0792. The van der Waals surface area contributed by atoms with Gasteiger partial charge in [0.25, 0.3) is 5.91 Å². The van der Waals surface area contributed by atoms with Gasteiger partial charge in [-0.15, -0.1) is 0 Å². The van der Waals surface area contributed by atoms with Crippen molar-refractivity contribution in [2.45, 2.75) is 32.6 Å². The number of aromatic nitrogens is 4. The van der Waals surface area contributed by atoms with Gasteiger partial charge in [0.1, 0.15) is 0 Å². The molecule has 1 amide bonds. The number of nitrogens with zero attached hydrogens (tertiary/aromatic N) is 3. The summed E-state index contributed by atoms with van der Waals surface area (Å²) in [7, 11) is 1.83. The number of hydrogen-bond acceptors (Lipinski definition) is 3. The lowest BCUT2D eigenvalue weighted by Crippen LogP contribution is -2.27. The number of nitrogens with one attached hydrogen (secondary N) is 2. The van der Waals surface area contributed by atoms with Gasteiger partial charge < -0.3 is 9.88 Å². The fourth-order valence-electron chi connectivity index (χ4n) is 3.94. The summed E-state index contributed by atoms with van der Waals surface area (Å²) in [5, 5.41) is 7.53.